The van der Waals surface area contributed by atoms with Gasteiger partial charge in [0.05, 0.1) is 31.1 Å². The molecule has 8 heteroatoms. The quantitative estimate of drug-likeness (QED) is 0.680. The standard InChI is InChI=1S/C13H23ClN4O3/c1-17(2)5-6-18-13(20)12(14)11(8-15-18)16-10(4-7-19)9-21-3/h8,10,16,19H,4-7,9H2,1-3H3. The monoisotopic (exact) mass is 318 g/mol. The topological polar surface area (TPSA) is 79.6 Å². The molecule has 0 aliphatic carbocycles. The number of anilines is 1. The fourth-order valence-corrected chi connectivity index (χ4v) is 1.99. The average Bonchev–Trinajstić information content (AvgIpc) is 2.43. The first-order chi connectivity index (χ1) is 9.99. The van der Waals surface area contributed by atoms with Gasteiger partial charge >= 0.3 is 0 Å². The highest BCUT2D eigenvalue weighted by atomic mass is 35.5. The van der Waals surface area contributed by atoms with E-state index in [4.69, 9.17) is 21.4 Å². The van der Waals surface area contributed by atoms with Crippen molar-refractivity contribution < 1.29 is 9.84 Å². The van der Waals surface area contributed by atoms with Crippen molar-refractivity contribution in [3.05, 3.63) is 21.6 Å². The summed E-state index contributed by atoms with van der Waals surface area (Å²) in [6, 6.07) is -0.128. The number of nitrogens with zero attached hydrogens (tertiary/aromatic N) is 3. The molecule has 7 nitrogen and oxygen atoms in total. The predicted octanol–water partition coefficient (Wildman–Crippen LogP) is 0.268. The molecule has 0 spiro atoms. The highest BCUT2D eigenvalue weighted by Gasteiger charge is 2.14. The number of ether oxygens (including phenoxy) is 1. The van der Waals surface area contributed by atoms with Crippen molar-refractivity contribution in [3.63, 3.8) is 0 Å². The molecule has 1 atom stereocenters. The first-order valence-electron chi connectivity index (χ1n) is 6.76. The summed E-state index contributed by atoms with van der Waals surface area (Å²) in [5, 5.41) is 16.3. The zero-order chi connectivity index (χ0) is 15.8. The van der Waals surface area contributed by atoms with E-state index in [-0.39, 0.29) is 23.2 Å². The van der Waals surface area contributed by atoms with Gasteiger partial charge in [-0.05, 0) is 20.5 Å². The lowest BCUT2D eigenvalue weighted by Crippen LogP contribution is -2.31. The van der Waals surface area contributed by atoms with Crippen LogP contribution < -0.4 is 10.9 Å². The number of methoxy groups -OCH3 is 1. The fraction of sp³-hybridized carbons (Fsp3) is 0.692. The predicted molar refractivity (Wildman–Crippen MR) is 83.1 cm³/mol. The molecule has 0 fully saturated rings. The third-order valence-electron chi connectivity index (χ3n) is 2.95. The van der Waals surface area contributed by atoms with Gasteiger partial charge in [-0.15, -0.1) is 0 Å². The van der Waals surface area contributed by atoms with Crippen LogP contribution >= 0.6 is 11.6 Å². The molecular formula is C13H23ClN4O3. The maximum atomic E-state index is 12.1. The zero-order valence-corrected chi connectivity index (χ0v) is 13.4. The van der Waals surface area contributed by atoms with Crippen molar-refractivity contribution in [3.8, 4) is 0 Å². The number of nitrogens with one attached hydrogen (secondary N) is 1. The third kappa shape index (κ3) is 5.62. The largest absolute Gasteiger partial charge is 0.396 e. The first kappa shape index (κ1) is 17.9. The van der Waals surface area contributed by atoms with Crippen molar-refractivity contribution in [1.82, 2.24) is 14.7 Å². The highest BCUT2D eigenvalue weighted by Crippen LogP contribution is 2.17. The Morgan fingerprint density at radius 2 is 2.29 bits per heavy atom. The van der Waals surface area contributed by atoms with Crippen LogP contribution in [0.1, 0.15) is 6.42 Å². The number of hydrogen-bond acceptors (Lipinski definition) is 6. The smallest absolute Gasteiger partial charge is 0.287 e. The van der Waals surface area contributed by atoms with Gasteiger partial charge in [0.1, 0.15) is 5.02 Å². The summed E-state index contributed by atoms with van der Waals surface area (Å²) < 4.78 is 6.40. The van der Waals surface area contributed by atoms with Gasteiger partial charge in [-0.3, -0.25) is 4.79 Å². The Bertz CT molecular complexity index is 487. The number of aromatic nitrogens is 2. The minimum absolute atomic E-state index is 0.0198. The van der Waals surface area contributed by atoms with Gasteiger partial charge in [0, 0.05) is 20.3 Å². The molecule has 0 aromatic carbocycles. The summed E-state index contributed by atoms with van der Waals surface area (Å²) in [6.45, 7) is 1.60. The molecular weight excluding hydrogens is 296 g/mol. The van der Waals surface area contributed by atoms with E-state index in [1.54, 1.807) is 7.11 Å². The van der Waals surface area contributed by atoms with Crippen molar-refractivity contribution >= 4 is 17.3 Å². The van der Waals surface area contributed by atoms with Gasteiger partial charge in [-0.25, -0.2) is 4.68 Å². The first-order valence-corrected chi connectivity index (χ1v) is 7.14. The van der Waals surface area contributed by atoms with E-state index in [0.29, 0.717) is 31.8 Å². The van der Waals surface area contributed by atoms with E-state index in [1.165, 1.54) is 10.9 Å². The second-order valence-corrected chi connectivity index (χ2v) is 5.39. The Hall–Kier alpha value is -1.15. The van der Waals surface area contributed by atoms with Crippen LogP contribution in [0, 0.1) is 0 Å². The fourth-order valence-electron chi connectivity index (χ4n) is 1.79. The SMILES string of the molecule is COCC(CCO)Nc1cnn(CCN(C)C)c(=O)c1Cl. The Morgan fingerprint density at radius 3 is 2.86 bits per heavy atom. The lowest BCUT2D eigenvalue weighted by Gasteiger charge is -2.19. The molecule has 120 valence electrons. The van der Waals surface area contributed by atoms with E-state index in [1.807, 2.05) is 19.0 Å². The maximum Gasteiger partial charge on any atom is 0.287 e. The van der Waals surface area contributed by atoms with Crippen LogP contribution in [0.25, 0.3) is 0 Å². The Labute approximate surface area is 129 Å². The molecule has 2 N–H and O–H groups in total. The van der Waals surface area contributed by atoms with Gasteiger partial charge in [0.25, 0.3) is 5.56 Å². The highest BCUT2D eigenvalue weighted by molar-refractivity contribution is 6.32. The second-order valence-electron chi connectivity index (χ2n) is 5.01. The molecule has 0 saturated heterocycles. The number of hydrogen-bond donors (Lipinski definition) is 2. The molecule has 0 aliphatic rings. The lowest BCUT2D eigenvalue weighted by molar-refractivity contribution is 0.170. The van der Waals surface area contributed by atoms with Crippen LogP contribution in [0.2, 0.25) is 5.02 Å². The molecule has 21 heavy (non-hydrogen) atoms. The van der Waals surface area contributed by atoms with Gasteiger partial charge < -0.3 is 20.1 Å². The minimum Gasteiger partial charge on any atom is -0.396 e. The Balaban J connectivity index is 2.85. The van der Waals surface area contributed by atoms with Crippen LogP contribution in [0.5, 0.6) is 0 Å². The van der Waals surface area contributed by atoms with Gasteiger partial charge in [0.2, 0.25) is 0 Å². The molecule has 0 bridgehead atoms. The van der Waals surface area contributed by atoms with Gasteiger partial charge in [0.15, 0.2) is 0 Å². The summed E-state index contributed by atoms with van der Waals surface area (Å²) in [5.74, 6) is 0. The Kier molecular flexibility index (Phi) is 7.66. The number of rotatable bonds is 9. The van der Waals surface area contributed by atoms with E-state index < -0.39 is 0 Å². The van der Waals surface area contributed by atoms with E-state index in [0.717, 1.165) is 0 Å². The maximum absolute atomic E-state index is 12.1. The minimum atomic E-state index is -0.330. The molecule has 0 aliphatic heterocycles. The van der Waals surface area contributed by atoms with Crippen LogP contribution in [-0.2, 0) is 11.3 Å². The number of likely N-dealkylation sites (N-methyl/N-ethyl adjacent to an activating group) is 1. The molecule has 0 radical (unpaired) electrons. The number of aliphatic hydroxyl groups excluding tert-OH is 1. The van der Waals surface area contributed by atoms with Crippen LogP contribution in [0.15, 0.2) is 11.0 Å². The molecule has 1 heterocycles. The van der Waals surface area contributed by atoms with Crippen molar-refractivity contribution in [2.75, 3.05) is 46.3 Å². The summed E-state index contributed by atoms with van der Waals surface area (Å²) in [4.78, 5) is 14.1. The molecule has 1 unspecified atom stereocenters. The van der Waals surface area contributed by atoms with Crippen molar-refractivity contribution in [1.29, 1.82) is 0 Å². The second kappa shape index (κ2) is 8.99. The van der Waals surface area contributed by atoms with Gasteiger partial charge in [-0.1, -0.05) is 11.6 Å². The summed E-state index contributed by atoms with van der Waals surface area (Å²) in [6.07, 6.45) is 2.02. The molecule has 1 aromatic rings. The van der Waals surface area contributed by atoms with Crippen LogP contribution in [-0.4, -0.2) is 66.8 Å². The van der Waals surface area contributed by atoms with Crippen molar-refractivity contribution in [2.24, 2.45) is 0 Å². The average molecular weight is 319 g/mol. The summed E-state index contributed by atoms with van der Waals surface area (Å²) >= 11 is 6.11. The number of aliphatic hydroxyl groups is 1. The van der Waals surface area contributed by atoms with Crippen LogP contribution in [0.3, 0.4) is 0 Å². The van der Waals surface area contributed by atoms with Crippen LogP contribution in [0.4, 0.5) is 5.69 Å². The summed E-state index contributed by atoms with van der Waals surface area (Å²) in [5.41, 5.74) is 0.127. The Morgan fingerprint density at radius 1 is 1.57 bits per heavy atom. The van der Waals surface area contributed by atoms with E-state index >= 15 is 0 Å². The molecule has 0 saturated carbocycles. The van der Waals surface area contributed by atoms with E-state index in [9.17, 15) is 4.79 Å². The number of halogens is 1. The molecule has 1 aromatic heterocycles. The normalized spacial score (nSPS) is 12.7. The molecule has 1 rings (SSSR count). The van der Waals surface area contributed by atoms with Gasteiger partial charge in [-0.2, -0.15) is 5.10 Å². The van der Waals surface area contributed by atoms with E-state index in [2.05, 4.69) is 10.4 Å². The third-order valence-corrected chi connectivity index (χ3v) is 3.31. The zero-order valence-electron chi connectivity index (χ0n) is 12.7. The molecule has 0 amide bonds. The summed E-state index contributed by atoms with van der Waals surface area (Å²) in [7, 11) is 5.42. The lowest BCUT2D eigenvalue weighted by atomic mass is 10.2. The van der Waals surface area contributed by atoms with Crippen molar-refractivity contribution in [2.45, 2.75) is 19.0 Å².